The Bertz CT molecular complexity index is 393. The number of hydrogen-bond acceptors (Lipinski definition) is 4. The first-order valence-corrected chi connectivity index (χ1v) is 7.46. The summed E-state index contributed by atoms with van der Waals surface area (Å²) < 4.78 is 0. The van der Waals surface area contributed by atoms with Gasteiger partial charge in [0.25, 0.3) is 5.91 Å². The van der Waals surface area contributed by atoms with Crippen molar-refractivity contribution in [2.45, 2.75) is 51.1 Å². The number of carbonyl (C=O) groups is 3. The second-order valence-corrected chi connectivity index (χ2v) is 5.66. The van der Waals surface area contributed by atoms with E-state index >= 15 is 0 Å². The van der Waals surface area contributed by atoms with E-state index in [9.17, 15) is 14.4 Å². The lowest BCUT2D eigenvalue weighted by atomic mass is 9.95. The van der Waals surface area contributed by atoms with Crippen molar-refractivity contribution >= 4 is 17.6 Å². The largest absolute Gasteiger partial charge is 0.347 e. The van der Waals surface area contributed by atoms with Gasteiger partial charge in [-0.2, -0.15) is 0 Å². The van der Waals surface area contributed by atoms with Crippen LogP contribution in [0.2, 0.25) is 0 Å². The zero-order valence-corrected chi connectivity index (χ0v) is 11.9. The second-order valence-electron chi connectivity index (χ2n) is 5.66. The van der Waals surface area contributed by atoms with Gasteiger partial charge >= 0.3 is 0 Å². The van der Waals surface area contributed by atoms with Gasteiger partial charge in [-0.25, -0.2) is 0 Å². The summed E-state index contributed by atoms with van der Waals surface area (Å²) in [5.41, 5.74) is 0. The molecular weight excluding hydrogens is 258 g/mol. The third-order valence-electron chi connectivity index (χ3n) is 3.88. The number of hydrogen-bond donors (Lipinski definition) is 3. The van der Waals surface area contributed by atoms with Crippen LogP contribution >= 0.6 is 0 Å². The van der Waals surface area contributed by atoms with E-state index in [-0.39, 0.29) is 24.5 Å². The first-order valence-electron chi connectivity index (χ1n) is 7.46. The average Bonchev–Trinajstić information content (AvgIpc) is 3.12. The van der Waals surface area contributed by atoms with Gasteiger partial charge in [0.2, 0.25) is 11.7 Å². The molecule has 2 aliphatic rings. The molecule has 0 aromatic heterocycles. The van der Waals surface area contributed by atoms with Crippen LogP contribution in [0.5, 0.6) is 0 Å². The second kappa shape index (κ2) is 6.83. The molecule has 2 amide bonds. The van der Waals surface area contributed by atoms with E-state index in [0.717, 1.165) is 38.6 Å². The maximum Gasteiger partial charge on any atom is 0.289 e. The van der Waals surface area contributed by atoms with Crippen LogP contribution in [0.15, 0.2) is 0 Å². The Kier molecular flexibility index (Phi) is 5.11. The standard InChI is InChI=1S/C14H23N3O3/c1-2-3-9-6-7-15-12(9)14(20)16-8-11(18)13(19)17-10-4-5-10/h9-10,12,15H,2-8H2,1H3,(H,16,20)(H,17,19)/t9-,12-/m0/s1. The third-order valence-corrected chi connectivity index (χ3v) is 3.88. The number of ketones is 1. The van der Waals surface area contributed by atoms with Crippen molar-refractivity contribution in [2.75, 3.05) is 13.1 Å². The summed E-state index contributed by atoms with van der Waals surface area (Å²) in [6.07, 6.45) is 4.91. The van der Waals surface area contributed by atoms with Crippen molar-refractivity contribution in [3.05, 3.63) is 0 Å². The van der Waals surface area contributed by atoms with Crippen LogP contribution < -0.4 is 16.0 Å². The summed E-state index contributed by atoms with van der Waals surface area (Å²) >= 11 is 0. The Morgan fingerprint density at radius 3 is 2.60 bits per heavy atom. The molecule has 1 saturated carbocycles. The van der Waals surface area contributed by atoms with E-state index < -0.39 is 11.7 Å². The summed E-state index contributed by atoms with van der Waals surface area (Å²) in [6.45, 7) is 2.71. The summed E-state index contributed by atoms with van der Waals surface area (Å²) in [5, 5.41) is 8.36. The highest BCUT2D eigenvalue weighted by Crippen LogP contribution is 2.21. The van der Waals surface area contributed by atoms with Gasteiger partial charge < -0.3 is 16.0 Å². The summed E-state index contributed by atoms with van der Waals surface area (Å²) in [7, 11) is 0. The van der Waals surface area contributed by atoms with Crippen LogP contribution in [-0.2, 0) is 14.4 Å². The van der Waals surface area contributed by atoms with Crippen molar-refractivity contribution in [3.8, 4) is 0 Å². The van der Waals surface area contributed by atoms with E-state index in [1.165, 1.54) is 0 Å². The number of carbonyl (C=O) groups excluding carboxylic acids is 3. The van der Waals surface area contributed by atoms with Crippen molar-refractivity contribution in [1.29, 1.82) is 0 Å². The van der Waals surface area contributed by atoms with Crippen molar-refractivity contribution < 1.29 is 14.4 Å². The molecule has 0 aromatic carbocycles. The fourth-order valence-electron chi connectivity index (χ4n) is 2.60. The lowest BCUT2D eigenvalue weighted by molar-refractivity contribution is -0.138. The van der Waals surface area contributed by atoms with Crippen LogP contribution in [0, 0.1) is 5.92 Å². The van der Waals surface area contributed by atoms with Crippen LogP contribution in [0.3, 0.4) is 0 Å². The molecule has 0 unspecified atom stereocenters. The molecule has 1 saturated heterocycles. The first kappa shape index (κ1) is 15.0. The highest BCUT2D eigenvalue weighted by molar-refractivity contribution is 6.37. The van der Waals surface area contributed by atoms with Gasteiger partial charge in [0.15, 0.2) is 0 Å². The molecule has 2 fully saturated rings. The molecule has 20 heavy (non-hydrogen) atoms. The Hall–Kier alpha value is -1.43. The maximum atomic E-state index is 12.0. The Morgan fingerprint density at radius 2 is 1.95 bits per heavy atom. The number of amides is 2. The van der Waals surface area contributed by atoms with Gasteiger partial charge in [-0.15, -0.1) is 0 Å². The van der Waals surface area contributed by atoms with E-state index in [4.69, 9.17) is 0 Å². The average molecular weight is 281 g/mol. The van der Waals surface area contributed by atoms with Gasteiger partial charge in [0, 0.05) is 6.04 Å². The van der Waals surface area contributed by atoms with Crippen molar-refractivity contribution in [2.24, 2.45) is 5.92 Å². The predicted octanol–water partition coefficient (Wildman–Crippen LogP) is -0.271. The van der Waals surface area contributed by atoms with Gasteiger partial charge in [0.1, 0.15) is 0 Å². The number of Topliss-reactive ketones (excluding diaryl/α,β-unsaturated/α-hetero) is 1. The molecule has 1 aliphatic heterocycles. The fourth-order valence-corrected chi connectivity index (χ4v) is 2.60. The minimum atomic E-state index is -0.586. The van der Waals surface area contributed by atoms with Gasteiger partial charge in [-0.1, -0.05) is 13.3 Å². The first-order chi connectivity index (χ1) is 9.61. The Balaban J connectivity index is 1.73. The van der Waals surface area contributed by atoms with E-state index in [1.807, 2.05) is 0 Å². The Morgan fingerprint density at radius 1 is 1.20 bits per heavy atom. The molecule has 1 heterocycles. The summed E-state index contributed by atoms with van der Waals surface area (Å²) in [5.74, 6) is -1.00. The van der Waals surface area contributed by atoms with Crippen molar-refractivity contribution in [3.63, 3.8) is 0 Å². The van der Waals surface area contributed by atoms with Crippen LogP contribution in [-0.4, -0.2) is 42.8 Å². The molecule has 3 N–H and O–H groups in total. The Labute approximate surface area is 119 Å². The minimum absolute atomic E-state index is 0.160. The number of nitrogens with one attached hydrogen (secondary N) is 3. The van der Waals surface area contributed by atoms with Crippen LogP contribution in [0.25, 0.3) is 0 Å². The minimum Gasteiger partial charge on any atom is -0.347 e. The molecule has 2 atom stereocenters. The molecule has 112 valence electrons. The van der Waals surface area contributed by atoms with Crippen LogP contribution in [0.4, 0.5) is 0 Å². The zero-order chi connectivity index (χ0) is 14.5. The van der Waals surface area contributed by atoms with Gasteiger partial charge in [-0.3, -0.25) is 14.4 Å². The summed E-state index contributed by atoms with van der Waals surface area (Å²) in [4.78, 5) is 35.1. The third kappa shape index (κ3) is 4.03. The van der Waals surface area contributed by atoms with Gasteiger partial charge in [0.05, 0.1) is 12.6 Å². The van der Waals surface area contributed by atoms with Crippen molar-refractivity contribution in [1.82, 2.24) is 16.0 Å². The van der Waals surface area contributed by atoms with Gasteiger partial charge in [-0.05, 0) is 38.1 Å². The highest BCUT2D eigenvalue weighted by atomic mass is 16.2. The zero-order valence-electron chi connectivity index (χ0n) is 11.9. The molecule has 6 heteroatoms. The molecule has 2 rings (SSSR count). The SMILES string of the molecule is CCC[C@H]1CCN[C@@H]1C(=O)NCC(=O)C(=O)NC1CC1. The quantitative estimate of drug-likeness (QED) is 0.561. The normalized spacial score (nSPS) is 25.2. The number of rotatable bonds is 7. The molecule has 0 bridgehead atoms. The lowest BCUT2D eigenvalue weighted by Gasteiger charge is -2.18. The highest BCUT2D eigenvalue weighted by Gasteiger charge is 2.32. The molecular formula is C14H23N3O3. The molecule has 0 aromatic rings. The summed E-state index contributed by atoms with van der Waals surface area (Å²) in [6, 6.07) is -0.0678. The molecule has 1 aliphatic carbocycles. The predicted molar refractivity (Wildman–Crippen MR) is 74.0 cm³/mol. The van der Waals surface area contributed by atoms with Crippen LogP contribution in [0.1, 0.15) is 39.0 Å². The maximum absolute atomic E-state index is 12.0. The fraction of sp³-hybridized carbons (Fsp3) is 0.786. The lowest BCUT2D eigenvalue weighted by Crippen LogP contribution is -2.47. The van der Waals surface area contributed by atoms with E-state index in [1.54, 1.807) is 0 Å². The smallest absolute Gasteiger partial charge is 0.289 e. The molecule has 0 radical (unpaired) electrons. The molecule has 6 nitrogen and oxygen atoms in total. The molecule has 0 spiro atoms. The van der Waals surface area contributed by atoms with E-state index in [2.05, 4.69) is 22.9 Å². The monoisotopic (exact) mass is 281 g/mol. The topological polar surface area (TPSA) is 87.3 Å². The van der Waals surface area contributed by atoms with E-state index in [0.29, 0.717) is 5.92 Å².